The van der Waals surface area contributed by atoms with Crippen LogP contribution in [0.2, 0.25) is 0 Å². The zero-order valence-electron chi connectivity index (χ0n) is 6.81. The van der Waals surface area contributed by atoms with Crippen LogP contribution in [-0.2, 0) is 32.7 Å². The van der Waals surface area contributed by atoms with E-state index in [1.54, 1.807) is 11.3 Å². The van der Waals surface area contributed by atoms with Gasteiger partial charge in [-0.25, -0.2) is 0 Å². The molecule has 0 saturated carbocycles. The third-order valence-corrected chi connectivity index (χ3v) is 2.06. The van der Waals surface area contributed by atoms with E-state index in [2.05, 4.69) is 13.0 Å². The number of ether oxygens (including phenoxy) is 1. The molecule has 0 aromatic carbocycles. The molecule has 0 atom stereocenters. The maximum Gasteiger partial charge on any atom is 0 e. The van der Waals surface area contributed by atoms with Crippen LogP contribution in [0, 0.1) is 26.8 Å². The first-order valence-corrected chi connectivity index (χ1v) is 3.97. The van der Waals surface area contributed by atoms with Crippen molar-refractivity contribution in [3.05, 3.63) is 22.7 Å². The van der Waals surface area contributed by atoms with E-state index in [0.29, 0.717) is 6.61 Å². The largest absolute Gasteiger partial charge is 0.562 e. The number of hydrogen-bond donors (Lipinski definition) is 0. The van der Waals surface area contributed by atoms with Crippen molar-refractivity contribution in [2.75, 3.05) is 6.61 Å². The van der Waals surface area contributed by atoms with Gasteiger partial charge in [0.15, 0.2) is 0 Å². The molecular formula is C8H10OSY-2. The van der Waals surface area contributed by atoms with Gasteiger partial charge in [0, 0.05) is 32.7 Å². The molecule has 1 aromatic rings. The van der Waals surface area contributed by atoms with Crippen LogP contribution in [0.5, 0.6) is 5.75 Å². The first-order valence-electron chi connectivity index (χ1n) is 3.15. The summed E-state index contributed by atoms with van der Waals surface area (Å²) < 4.78 is 5.20. The fourth-order valence-corrected chi connectivity index (χ4v) is 1.59. The normalized spacial score (nSPS) is 9.00. The van der Waals surface area contributed by atoms with Crippen molar-refractivity contribution in [1.82, 2.24) is 0 Å². The van der Waals surface area contributed by atoms with Crippen LogP contribution in [0.15, 0.2) is 0 Å². The number of thiophene rings is 1. The minimum atomic E-state index is 0. The monoisotopic (exact) mass is 243 g/mol. The average molecular weight is 243 g/mol. The molecule has 0 spiro atoms. The summed E-state index contributed by atoms with van der Waals surface area (Å²) in [6, 6.07) is 3.10. The topological polar surface area (TPSA) is 9.23 Å². The predicted octanol–water partition coefficient (Wildman–Crippen LogP) is 2.38. The molecule has 0 fully saturated rings. The molecular weight excluding hydrogens is 233 g/mol. The zero-order valence-corrected chi connectivity index (χ0v) is 10.5. The first kappa shape index (κ1) is 11.6. The van der Waals surface area contributed by atoms with E-state index in [-0.39, 0.29) is 32.7 Å². The molecule has 3 heteroatoms. The fourth-order valence-electron chi connectivity index (χ4n) is 0.789. The van der Waals surface area contributed by atoms with E-state index in [1.807, 2.05) is 13.8 Å². The Morgan fingerprint density at radius 1 is 1.55 bits per heavy atom. The Labute approximate surface area is 97.0 Å². The summed E-state index contributed by atoms with van der Waals surface area (Å²) in [5.41, 5.74) is 0. The molecule has 0 N–H and O–H groups in total. The van der Waals surface area contributed by atoms with Gasteiger partial charge in [-0.1, -0.05) is 6.92 Å². The van der Waals surface area contributed by atoms with Crippen LogP contribution in [0.1, 0.15) is 9.75 Å². The molecule has 1 radical (unpaired) electrons. The summed E-state index contributed by atoms with van der Waals surface area (Å²) >= 11 is 1.70. The molecule has 59 valence electrons. The Bertz CT molecular complexity index is 220. The summed E-state index contributed by atoms with van der Waals surface area (Å²) in [5, 5.41) is 0. The zero-order chi connectivity index (χ0) is 7.56. The summed E-state index contributed by atoms with van der Waals surface area (Å²) in [7, 11) is 0. The standard InChI is InChI=1S/C8H10OS.Y/c1-4-9-8-5-6(2)10-7(8)3;/h1,4H2,2-3H3;/q-2;. The van der Waals surface area contributed by atoms with E-state index in [9.17, 15) is 0 Å². The molecule has 1 aromatic heterocycles. The predicted molar refractivity (Wildman–Crippen MR) is 43.5 cm³/mol. The van der Waals surface area contributed by atoms with Crippen LogP contribution >= 0.6 is 11.3 Å². The number of aryl methyl sites for hydroxylation is 2. The molecule has 0 aliphatic carbocycles. The Balaban J connectivity index is 0.000001000. The third-order valence-electron chi connectivity index (χ3n) is 1.16. The Morgan fingerprint density at radius 3 is 2.55 bits per heavy atom. The summed E-state index contributed by atoms with van der Waals surface area (Å²) in [4.78, 5) is 2.35. The van der Waals surface area contributed by atoms with Gasteiger partial charge in [-0.15, -0.1) is 9.75 Å². The second kappa shape index (κ2) is 5.28. The van der Waals surface area contributed by atoms with Gasteiger partial charge in [-0.05, 0) is 19.3 Å². The first-order chi connectivity index (χ1) is 4.74. The van der Waals surface area contributed by atoms with Gasteiger partial charge in [0.25, 0.3) is 0 Å². The minimum absolute atomic E-state index is 0. The fraction of sp³-hybridized carbons (Fsp3) is 0.375. The molecule has 1 nitrogen and oxygen atoms in total. The Morgan fingerprint density at radius 2 is 2.18 bits per heavy atom. The average Bonchev–Trinajstić information content (AvgIpc) is 2.13. The van der Waals surface area contributed by atoms with Gasteiger partial charge in [0.2, 0.25) is 0 Å². The van der Waals surface area contributed by atoms with Crippen molar-refractivity contribution in [2.45, 2.75) is 13.8 Å². The van der Waals surface area contributed by atoms with Gasteiger partial charge < -0.3 is 11.7 Å². The SMILES string of the molecule is [CH2-]COc1[c-]c(C)sc1C.[Y]. The van der Waals surface area contributed by atoms with Gasteiger partial charge in [0.05, 0.1) is 0 Å². The van der Waals surface area contributed by atoms with E-state index in [1.165, 1.54) is 9.75 Å². The van der Waals surface area contributed by atoms with Crippen molar-refractivity contribution in [3.63, 3.8) is 0 Å². The number of rotatable bonds is 2. The Kier molecular flexibility index (Phi) is 5.58. The maximum absolute atomic E-state index is 5.20. The second-order valence-electron chi connectivity index (χ2n) is 2.02. The molecule has 0 amide bonds. The van der Waals surface area contributed by atoms with E-state index in [0.717, 1.165) is 5.75 Å². The van der Waals surface area contributed by atoms with Gasteiger partial charge >= 0.3 is 0 Å². The van der Waals surface area contributed by atoms with Gasteiger partial charge in [-0.3, -0.25) is 11.3 Å². The van der Waals surface area contributed by atoms with Gasteiger partial charge in [0.1, 0.15) is 0 Å². The molecule has 0 aliphatic heterocycles. The molecule has 11 heavy (non-hydrogen) atoms. The molecule has 0 aliphatic rings. The maximum atomic E-state index is 5.20. The summed E-state index contributed by atoms with van der Waals surface area (Å²) in [6.45, 7) is 8.12. The van der Waals surface area contributed by atoms with Crippen LogP contribution in [0.4, 0.5) is 0 Å². The van der Waals surface area contributed by atoms with Gasteiger partial charge in [-0.2, -0.15) is 6.07 Å². The smallest absolute Gasteiger partial charge is 0 e. The summed E-state index contributed by atoms with van der Waals surface area (Å²) in [6.07, 6.45) is 0. The van der Waals surface area contributed by atoms with Crippen molar-refractivity contribution in [1.29, 1.82) is 0 Å². The second-order valence-corrected chi connectivity index (χ2v) is 3.45. The number of hydrogen-bond acceptors (Lipinski definition) is 2. The van der Waals surface area contributed by atoms with Crippen molar-refractivity contribution in [2.24, 2.45) is 0 Å². The Hall–Kier alpha value is 0.604. The van der Waals surface area contributed by atoms with Crippen LogP contribution in [0.25, 0.3) is 0 Å². The molecule has 0 saturated heterocycles. The van der Waals surface area contributed by atoms with Crippen molar-refractivity contribution < 1.29 is 37.4 Å². The third kappa shape index (κ3) is 3.22. The molecule has 0 unspecified atom stereocenters. The van der Waals surface area contributed by atoms with E-state index in [4.69, 9.17) is 4.74 Å². The molecule has 1 rings (SSSR count). The summed E-state index contributed by atoms with van der Waals surface area (Å²) in [5.74, 6) is 0.859. The van der Waals surface area contributed by atoms with E-state index >= 15 is 0 Å². The van der Waals surface area contributed by atoms with Crippen LogP contribution in [0.3, 0.4) is 0 Å². The van der Waals surface area contributed by atoms with E-state index < -0.39 is 0 Å². The van der Waals surface area contributed by atoms with Crippen LogP contribution < -0.4 is 4.74 Å². The van der Waals surface area contributed by atoms with Crippen molar-refractivity contribution >= 4 is 11.3 Å². The quantitative estimate of drug-likeness (QED) is 0.724. The molecule has 0 bridgehead atoms. The molecule has 1 heterocycles. The minimum Gasteiger partial charge on any atom is -0.562 e. The van der Waals surface area contributed by atoms with Crippen molar-refractivity contribution in [3.8, 4) is 5.75 Å². The van der Waals surface area contributed by atoms with Crippen LogP contribution in [-0.4, -0.2) is 6.61 Å².